The first kappa shape index (κ1) is 13.9. The van der Waals surface area contributed by atoms with E-state index in [9.17, 15) is 9.59 Å². The average Bonchev–Trinajstić information content (AvgIpc) is 2.28. The van der Waals surface area contributed by atoms with E-state index in [0.717, 1.165) is 3.57 Å². The van der Waals surface area contributed by atoms with Crippen molar-refractivity contribution in [1.29, 1.82) is 0 Å². The Bertz CT molecular complexity index is 421. The third-order valence-corrected chi connectivity index (χ3v) is 2.83. The molecule has 2 amide bonds. The van der Waals surface area contributed by atoms with E-state index in [0.29, 0.717) is 5.69 Å². The standard InChI is InChI=1S/C11H13IN2O3/c1-7(15)6-13-10(16)11(17)14-9-5-3-2-4-8(9)12/h2-5,7,15H,6H2,1H3,(H,13,16)(H,14,17). The molecule has 1 aromatic rings. The summed E-state index contributed by atoms with van der Waals surface area (Å²) in [7, 11) is 0. The van der Waals surface area contributed by atoms with Crippen LogP contribution in [-0.4, -0.2) is 29.6 Å². The van der Waals surface area contributed by atoms with Crippen molar-refractivity contribution >= 4 is 40.1 Å². The molecule has 5 nitrogen and oxygen atoms in total. The normalized spacial score (nSPS) is 11.7. The number of hydrogen-bond acceptors (Lipinski definition) is 3. The molecule has 3 N–H and O–H groups in total. The van der Waals surface area contributed by atoms with Gasteiger partial charge >= 0.3 is 11.8 Å². The molecule has 0 saturated carbocycles. The van der Waals surface area contributed by atoms with E-state index in [1.807, 2.05) is 12.1 Å². The molecule has 0 heterocycles. The monoisotopic (exact) mass is 348 g/mol. The first-order valence-corrected chi connectivity index (χ1v) is 6.10. The maximum Gasteiger partial charge on any atom is 0.313 e. The Hall–Kier alpha value is -1.15. The van der Waals surface area contributed by atoms with Crippen LogP contribution in [0.25, 0.3) is 0 Å². The molecule has 0 aliphatic rings. The van der Waals surface area contributed by atoms with Crippen molar-refractivity contribution in [3.8, 4) is 0 Å². The van der Waals surface area contributed by atoms with Crippen LogP contribution in [-0.2, 0) is 9.59 Å². The molecule has 0 aromatic heterocycles. The molecular weight excluding hydrogens is 335 g/mol. The van der Waals surface area contributed by atoms with Crippen LogP contribution in [0.1, 0.15) is 6.92 Å². The quantitative estimate of drug-likeness (QED) is 0.557. The zero-order chi connectivity index (χ0) is 12.8. The van der Waals surface area contributed by atoms with Gasteiger partial charge in [-0.05, 0) is 41.6 Å². The minimum atomic E-state index is -0.759. The summed E-state index contributed by atoms with van der Waals surface area (Å²) in [6, 6.07) is 7.14. The van der Waals surface area contributed by atoms with Gasteiger partial charge in [0.25, 0.3) is 0 Å². The fourth-order valence-corrected chi connectivity index (χ4v) is 1.58. The summed E-state index contributed by atoms with van der Waals surface area (Å²) in [4.78, 5) is 22.8. The highest BCUT2D eigenvalue weighted by Crippen LogP contribution is 2.16. The van der Waals surface area contributed by atoms with Gasteiger partial charge in [-0.25, -0.2) is 0 Å². The van der Waals surface area contributed by atoms with Crippen molar-refractivity contribution in [2.45, 2.75) is 13.0 Å². The molecule has 0 fully saturated rings. The van der Waals surface area contributed by atoms with Crippen LogP contribution in [0, 0.1) is 3.57 Å². The number of benzene rings is 1. The molecule has 0 spiro atoms. The summed E-state index contributed by atoms with van der Waals surface area (Å²) in [6.07, 6.45) is -0.677. The van der Waals surface area contributed by atoms with Crippen LogP contribution in [0.4, 0.5) is 5.69 Å². The Morgan fingerprint density at radius 1 is 1.35 bits per heavy atom. The van der Waals surface area contributed by atoms with Gasteiger partial charge < -0.3 is 15.7 Å². The summed E-state index contributed by atoms with van der Waals surface area (Å²) in [6.45, 7) is 1.58. The molecule has 17 heavy (non-hydrogen) atoms. The first-order chi connectivity index (χ1) is 8.00. The molecular formula is C11H13IN2O3. The minimum absolute atomic E-state index is 0.0537. The summed E-state index contributed by atoms with van der Waals surface area (Å²) < 4.78 is 0.849. The lowest BCUT2D eigenvalue weighted by molar-refractivity contribution is -0.136. The second kappa shape index (κ2) is 6.55. The summed E-state index contributed by atoms with van der Waals surface area (Å²) in [5.41, 5.74) is 0.588. The summed E-state index contributed by atoms with van der Waals surface area (Å²) in [5, 5.41) is 13.8. The van der Waals surface area contributed by atoms with Gasteiger partial charge in [0, 0.05) is 10.1 Å². The number of aliphatic hydroxyl groups is 1. The topological polar surface area (TPSA) is 78.4 Å². The lowest BCUT2D eigenvalue weighted by Gasteiger charge is -2.08. The van der Waals surface area contributed by atoms with Crippen LogP contribution in [0.2, 0.25) is 0 Å². The number of anilines is 1. The van der Waals surface area contributed by atoms with Crippen molar-refractivity contribution in [2.75, 3.05) is 11.9 Å². The lowest BCUT2D eigenvalue weighted by Crippen LogP contribution is -2.38. The van der Waals surface area contributed by atoms with E-state index < -0.39 is 17.9 Å². The van der Waals surface area contributed by atoms with Gasteiger partial charge in [-0.1, -0.05) is 12.1 Å². The number of amides is 2. The van der Waals surface area contributed by atoms with Crippen LogP contribution in [0.3, 0.4) is 0 Å². The highest BCUT2D eigenvalue weighted by Gasteiger charge is 2.14. The number of hydrogen-bond donors (Lipinski definition) is 3. The van der Waals surface area contributed by atoms with E-state index in [2.05, 4.69) is 33.2 Å². The van der Waals surface area contributed by atoms with Gasteiger partial charge in [-0.3, -0.25) is 9.59 Å². The molecule has 92 valence electrons. The molecule has 1 atom stereocenters. The van der Waals surface area contributed by atoms with Crippen LogP contribution >= 0.6 is 22.6 Å². The van der Waals surface area contributed by atoms with Crippen molar-refractivity contribution in [3.63, 3.8) is 0 Å². The fourth-order valence-electron chi connectivity index (χ4n) is 1.06. The zero-order valence-corrected chi connectivity index (χ0v) is 11.4. The molecule has 0 aliphatic carbocycles. The van der Waals surface area contributed by atoms with Crippen molar-refractivity contribution in [3.05, 3.63) is 27.8 Å². The minimum Gasteiger partial charge on any atom is -0.392 e. The summed E-state index contributed by atoms with van der Waals surface area (Å²) in [5.74, 6) is -1.50. The van der Waals surface area contributed by atoms with Crippen molar-refractivity contribution in [1.82, 2.24) is 5.32 Å². The molecule has 0 saturated heterocycles. The molecule has 6 heteroatoms. The number of rotatable bonds is 3. The Balaban J connectivity index is 2.55. The van der Waals surface area contributed by atoms with Crippen molar-refractivity contribution < 1.29 is 14.7 Å². The molecule has 1 unspecified atom stereocenters. The van der Waals surface area contributed by atoms with Crippen LogP contribution < -0.4 is 10.6 Å². The van der Waals surface area contributed by atoms with E-state index in [-0.39, 0.29) is 6.54 Å². The fraction of sp³-hybridized carbons (Fsp3) is 0.273. The maximum atomic E-state index is 11.5. The number of carbonyl (C=O) groups excluding carboxylic acids is 2. The van der Waals surface area contributed by atoms with Gasteiger partial charge in [-0.15, -0.1) is 0 Å². The zero-order valence-electron chi connectivity index (χ0n) is 9.24. The van der Waals surface area contributed by atoms with E-state index in [4.69, 9.17) is 5.11 Å². The molecule has 1 rings (SSSR count). The van der Waals surface area contributed by atoms with Gasteiger partial charge in [0.1, 0.15) is 0 Å². The SMILES string of the molecule is CC(O)CNC(=O)C(=O)Nc1ccccc1I. The average molecular weight is 348 g/mol. The predicted octanol–water partition coefficient (Wildman–Crippen LogP) is 0.727. The Labute approximate surface area is 113 Å². The Kier molecular flexibility index (Phi) is 5.36. The first-order valence-electron chi connectivity index (χ1n) is 5.02. The second-order valence-electron chi connectivity index (χ2n) is 3.49. The predicted molar refractivity (Wildman–Crippen MR) is 72.5 cm³/mol. The lowest BCUT2D eigenvalue weighted by atomic mass is 10.3. The van der Waals surface area contributed by atoms with Crippen molar-refractivity contribution in [2.24, 2.45) is 0 Å². The maximum absolute atomic E-state index is 11.5. The molecule has 0 aliphatic heterocycles. The van der Waals surface area contributed by atoms with E-state index in [1.165, 1.54) is 6.92 Å². The Morgan fingerprint density at radius 2 is 2.00 bits per heavy atom. The summed E-state index contributed by atoms with van der Waals surface area (Å²) >= 11 is 2.06. The van der Waals surface area contributed by atoms with Gasteiger partial charge in [-0.2, -0.15) is 0 Å². The third-order valence-electron chi connectivity index (χ3n) is 1.89. The third kappa shape index (κ3) is 4.70. The van der Waals surface area contributed by atoms with E-state index >= 15 is 0 Å². The smallest absolute Gasteiger partial charge is 0.313 e. The molecule has 0 radical (unpaired) electrons. The number of carbonyl (C=O) groups is 2. The van der Waals surface area contributed by atoms with Crippen LogP contribution in [0.15, 0.2) is 24.3 Å². The number of nitrogens with one attached hydrogen (secondary N) is 2. The largest absolute Gasteiger partial charge is 0.392 e. The molecule has 1 aromatic carbocycles. The van der Waals surface area contributed by atoms with E-state index in [1.54, 1.807) is 12.1 Å². The van der Waals surface area contributed by atoms with Gasteiger partial charge in [0.2, 0.25) is 0 Å². The van der Waals surface area contributed by atoms with Gasteiger partial charge in [0.15, 0.2) is 0 Å². The van der Waals surface area contributed by atoms with Gasteiger partial charge in [0.05, 0.1) is 11.8 Å². The molecule has 0 bridgehead atoms. The number of aliphatic hydroxyl groups excluding tert-OH is 1. The Morgan fingerprint density at radius 3 is 2.59 bits per heavy atom. The number of halogens is 1. The highest BCUT2D eigenvalue weighted by atomic mass is 127. The van der Waals surface area contributed by atoms with Crippen LogP contribution in [0.5, 0.6) is 0 Å². The second-order valence-corrected chi connectivity index (χ2v) is 4.66. The highest BCUT2D eigenvalue weighted by molar-refractivity contribution is 14.1. The number of para-hydroxylation sites is 1.